The summed E-state index contributed by atoms with van der Waals surface area (Å²) in [5, 5.41) is 5.74. The van der Waals surface area contributed by atoms with Crippen LogP contribution >= 0.6 is 0 Å². The van der Waals surface area contributed by atoms with Crippen LogP contribution in [0.15, 0.2) is 30.3 Å². The smallest absolute Gasteiger partial charge is 0.315 e. The number of nitrogens with zero attached hydrogens (tertiary/aromatic N) is 2. The lowest BCUT2D eigenvalue weighted by atomic mass is 10.2. The van der Waals surface area contributed by atoms with E-state index in [-0.39, 0.29) is 18.0 Å². The standard InChI is InChI=1S/C17H26N4O2/c1-3-20(4-2)11-10-18-17(23)19-14-12-16(22)21(13-14)15-8-6-5-7-9-15/h5-9,14H,3-4,10-13H2,1-2H3,(H2,18,19,23)/t14-/m1/s1. The first kappa shape index (κ1) is 17.3. The highest BCUT2D eigenvalue weighted by Crippen LogP contribution is 2.20. The number of rotatable bonds is 7. The Labute approximate surface area is 137 Å². The molecule has 0 bridgehead atoms. The Morgan fingerprint density at radius 3 is 2.61 bits per heavy atom. The summed E-state index contributed by atoms with van der Waals surface area (Å²) in [5.41, 5.74) is 0.878. The van der Waals surface area contributed by atoms with Gasteiger partial charge in [0.1, 0.15) is 0 Å². The average Bonchev–Trinajstić information content (AvgIpc) is 2.92. The van der Waals surface area contributed by atoms with Crippen LogP contribution in [0.25, 0.3) is 0 Å². The van der Waals surface area contributed by atoms with Crippen LogP contribution in [0, 0.1) is 0 Å². The molecule has 2 N–H and O–H groups in total. The minimum Gasteiger partial charge on any atom is -0.337 e. The molecule has 0 saturated carbocycles. The van der Waals surface area contributed by atoms with Crippen LogP contribution in [0.3, 0.4) is 0 Å². The SMILES string of the molecule is CCN(CC)CCNC(=O)N[C@@H]1CC(=O)N(c2ccccc2)C1. The second-order valence-corrected chi connectivity index (χ2v) is 5.67. The summed E-state index contributed by atoms with van der Waals surface area (Å²) >= 11 is 0. The number of para-hydroxylation sites is 1. The van der Waals surface area contributed by atoms with Gasteiger partial charge in [-0.15, -0.1) is 0 Å². The highest BCUT2D eigenvalue weighted by Gasteiger charge is 2.31. The number of urea groups is 1. The number of hydrogen-bond acceptors (Lipinski definition) is 3. The number of likely N-dealkylation sites (N-methyl/N-ethyl adjacent to an activating group) is 1. The second-order valence-electron chi connectivity index (χ2n) is 5.67. The molecule has 0 aromatic heterocycles. The molecule has 1 atom stereocenters. The fourth-order valence-corrected chi connectivity index (χ4v) is 2.77. The molecule has 1 fully saturated rings. The monoisotopic (exact) mass is 318 g/mol. The van der Waals surface area contributed by atoms with E-state index in [1.807, 2.05) is 30.3 Å². The molecule has 0 aliphatic carbocycles. The number of carbonyl (C=O) groups is 2. The van der Waals surface area contributed by atoms with Gasteiger partial charge in [0, 0.05) is 31.7 Å². The Kier molecular flexibility index (Phi) is 6.40. The van der Waals surface area contributed by atoms with Crippen molar-refractivity contribution in [3.63, 3.8) is 0 Å². The molecule has 3 amide bonds. The molecule has 1 heterocycles. The third-order valence-electron chi connectivity index (χ3n) is 4.14. The van der Waals surface area contributed by atoms with Crippen molar-refractivity contribution in [3.8, 4) is 0 Å². The highest BCUT2D eigenvalue weighted by molar-refractivity contribution is 5.96. The second kappa shape index (κ2) is 8.53. The number of amides is 3. The van der Waals surface area contributed by atoms with Crippen molar-refractivity contribution in [1.82, 2.24) is 15.5 Å². The van der Waals surface area contributed by atoms with Gasteiger partial charge in [-0.2, -0.15) is 0 Å². The fraction of sp³-hybridized carbons (Fsp3) is 0.529. The minimum absolute atomic E-state index is 0.0460. The Morgan fingerprint density at radius 1 is 1.26 bits per heavy atom. The zero-order valence-electron chi connectivity index (χ0n) is 13.9. The molecule has 1 aromatic rings. The Bertz CT molecular complexity index is 517. The van der Waals surface area contributed by atoms with Crippen molar-refractivity contribution in [2.24, 2.45) is 0 Å². The van der Waals surface area contributed by atoms with E-state index in [1.165, 1.54) is 0 Å². The lowest BCUT2D eigenvalue weighted by Crippen LogP contribution is -2.45. The van der Waals surface area contributed by atoms with E-state index in [0.717, 1.165) is 25.3 Å². The van der Waals surface area contributed by atoms with E-state index in [2.05, 4.69) is 29.4 Å². The van der Waals surface area contributed by atoms with Crippen molar-refractivity contribution in [1.29, 1.82) is 0 Å². The number of benzene rings is 1. The van der Waals surface area contributed by atoms with E-state index in [0.29, 0.717) is 19.5 Å². The number of nitrogens with one attached hydrogen (secondary N) is 2. The van der Waals surface area contributed by atoms with E-state index >= 15 is 0 Å². The topological polar surface area (TPSA) is 64.7 Å². The van der Waals surface area contributed by atoms with Crippen LogP contribution in [-0.2, 0) is 4.79 Å². The zero-order valence-corrected chi connectivity index (χ0v) is 13.9. The maximum atomic E-state index is 12.1. The maximum absolute atomic E-state index is 12.1. The summed E-state index contributed by atoms with van der Waals surface area (Å²) in [6.07, 6.45) is 0.346. The Hall–Kier alpha value is -2.08. The normalized spacial score (nSPS) is 17.6. The first-order valence-corrected chi connectivity index (χ1v) is 8.26. The van der Waals surface area contributed by atoms with Gasteiger partial charge in [0.15, 0.2) is 0 Å². The van der Waals surface area contributed by atoms with Gasteiger partial charge in [-0.25, -0.2) is 4.79 Å². The molecule has 0 unspecified atom stereocenters. The molecule has 1 aliphatic heterocycles. The van der Waals surface area contributed by atoms with Crippen molar-refractivity contribution >= 4 is 17.6 Å². The lowest BCUT2D eigenvalue weighted by molar-refractivity contribution is -0.117. The van der Waals surface area contributed by atoms with Crippen LogP contribution in [-0.4, -0.2) is 55.6 Å². The van der Waals surface area contributed by atoms with Crippen molar-refractivity contribution < 1.29 is 9.59 Å². The van der Waals surface area contributed by atoms with Gasteiger partial charge in [-0.1, -0.05) is 32.0 Å². The van der Waals surface area contributed by atoms with Crippen LogP contribution in [0.4, 0.5) is 10.5 Å². The molecule has 23 heavy (non-hydrogen) atoms. The van der Waals surface area contributed by atoms with Crippen molar-refractivity contribution in [2.75, 3.05) is 37.6 Å². The molecular weight excluding hydrogens is 292 g/mol. The summed E-state index contributed by atoms with van der Waals surface area (Å²) < 4.78 is 0. The number of anilines is 1. The molecule has 6 heteroatoms. The van der Waals surface area contributed by atoms with E-state index in [4.69, 9.17) is 0 Å². The van der Waals surface area contributed by atoms with Crippen LogP contribution < -0.4 is 15.5 Å². The maximum Gasteiger partial charge on any atom is 0.315 e. The average molecular weight is 318 g/mol. The fourth-order valence-electron chi connectivity index (χ4n) is 2.77. The van der Waals surface area contributed by atoms with Gasteiger partial charge >= 0.3 is 6.03 Å². The quantitative estimate of drug-likeness (QED) is 0.799. The molecular formula is C17H26N4O2. The first-order valence-electron chi connectivity index (χ1n) is 8.26. The molecule has 1 aliphatic rings. The highest BCUT2D eigenvalue weighted by atomic mass is 16.2. The number of carbonyl (C=O) groups excluding carboxylic acids is 2. The van der Waals surface area contributed by atoms with E-state index in [9.17, 15) is 9.59 Å². The largest absolute Gasteiger partial charge is 0.337 e. The van der Waals surface area contributed by atoms with Gasteiger partial charge in [-0.05, 0) is 25.2 Å². The third kappa shape index (κ3) is 4.96. The van der Waals surface area contributed by atoms with Gasteiger partial charge in [0.05, 0.1) is 6.04 Å². The van der Waals surface area contributed by atoms with E-state index < -0.39 is 0 Å². The van der Waals surface area contributed by atoms with E-state index in [1.54, 1.807) is 4.90 Å². The summed E-state index contributed by atoms with van der Waals surface area (Å²) in [6, 6.07) is 9.20. The lowest BCUT2D eigenvalue weighted by Gasteiger charge is -2.19. The van der Waals surface area contributed by atoms with Gasteiger partial charge < -0.3 is 20.4 Å². The van der Waals surface area contributed by atoms with Gasteiger partial charge in [0.2, 0.25) is 5.91 Å². The van der Waals surface area contributed by atoms with Crippen LogP contribution in [0.2, 0.25) is 0 Å². The molecule has 6 nitrogen and oxygen atoms in total. The molecule has 1 aromatic carbocycles. The molecule has 0 radical (unpaired) electrons. The van der Waals surface area contributed by atoms with Gasteiger partial charge in [-0.3, -0.25) is 4.79 Å². The first-order chi connectivity index (χ1) is 11.1. The summed E-state index contributed by atoms with van der Waals surface area (Å²) in [4.78, 5) is 28.0. The summed E-state index contributed by atoms with van der Waals surface area (Å²) in [5.74, 6) is 0.0460. The van der Waals surface area contributed by atoms with Crippen LogP contribution in [0.5, 0.6) is 0 Å². The predicted octanol–water partition coefficient (Wildman–Crippen LogP) is 1.43. The third-order valence-corrected chi connectivity index (χ3v) is 4.14. The Morgan fingerprint density at radius 2 is 1.96 bits per heavy atom. The van der Waals surface area contributed by atoms with Crippen molar-refractivity contribution in [3.05, 3.63) is 30.3 Å². The van der Waals surface area contributed by atoms with Gasteiger partial charge in [0.25, 0.3) is 0 Å². The number of hydrogen-bond donors (Lipinski definition) is 2. The summed E-state index contributed by atoms with van der Waals surface area (Å²) in [7, 11) is 0. The van der Waals surface area contributed by atoms with Crippen molar-refractivity contribution in [2.45, 2.75) is 26.3 Å². The molecule has 1 saturated heterocycles. The summed E-state index contributed by atoms with van der Waals surface area (Å²) in [6.45, 7) is 8.12. The predicted molar refractivity (Wildman–Crippen MR) is 91.5 cm³/mol. The molecule has 126 valence electrons. The zero-order chi connectivity index (χ0) is 16.7. The minimum atomic E-state index is -0.204. The molecule has 2 rings (SSSR count). The Balaban J connectivity index is 1.76. The van der Waals surface area contributed by atoms with Crippen LogP contribution in [0.1, 0.15) is 20.3 Å². The molecule has 0 spiro atoms.